The van der Waals surface area contributed by atoms with Crippen molar-refractivity contribution in [2.45, 2.75) is 137 Å². The molecule has 2 N–H and O–H groups in total. The van der Waals surface area contributed by atoms with E-state index in [2.05, 4.69) is 60.1 Å². The summed E-state index contributed by atoms with van der Waals surface area (Å²) in [6.07, 6.45) is 16.9. The predicted molar refractivity (Wildman–Crippen MR) is 149 cm³/mol. The first-order valence-electron chi connectivity index (χ1n) is 14.5. The lowest BCUT2D eigenvalue weighted by molar-refractivity contribution is 0.0402. The van der Waals surface area contributed by atoms with Crippen molar-refractivity contribution in [1.29, 1.82) is 0 Å². The number of aliphatic hydroxyl groups excluding tert-OH is 1. The lowest BCUT2D eigenvalue weighted by Crippen LogP contribution is -2.37. The van der Waals surface area contributed by atoms with Gasteiger partial charge in [0.05, 0.1) is 6.61 Å². The van der Waals surface area contributed by atoms with Gasteiger partial charge in [-0.25, -0.2) is 0 Å². The van der Waals surface area contributed by atoms with Crippen LogP contribution in [0.5, 0.6) is 0 Å². The summed E-state index contributed by atoms with van der Waals surface area (Å²) in [5.74, 6) is 4.48. The van der Waals surface area contributed by atoms with Gasteiger partial charge >= 0.3 is 0 Å². The van der Waals surface area contributed by atoms with E-state index < -0.39 is 0 Å². The summed E-state index contributed by atoms with van der Waals surface area (Å²) in [7, 11) is 0. The van der Waals surface area contributed by atoms with Crippen molar-refractivity contribution >= 4 is 11.9 Å². The molecule has 3 heteroatoms. The van der Waals surface area contributed by atoms with Crippen LogP contribution < -0.4 is 4.72 Å². The molecule has 0 aromatic heterocycles. The number of nitrogens with one attached hydrogen (secondary N) is 1. The van der Waals surface area contributed by atoms with Crippen molar-refractivity contribution < 1.29 is 5.11 Å². The van der Waals surface area contributed by atoms with Crippen molar-refractivity contribution in [1.82, 2.24) is 4.72 Å². The topological polar surface area (TPSA) is 32.3 Å². The molecule has 0 saturated heterocycles. The molecule has 6 atom stereocenters. The number of rotatable bonds is 14. The molecular formula is C30H59NOS. The van der Waals surface area contributed by atoms with Gasteiger partial charge in [0.25, 0.3) is 0 Å². The molecule has 0 heterocycles. The van der Waals surface area contributed by atoms with Crippen LogP contribution in [-0.2, 0) is 0 Å². The van der Waals surface area contributed by atoms with Gasteiger partial charge < -0.3 is 5.11 Å². The summed E-state index contributed by atoms with van der Waals surface area (Å²) in [6.45, 7) is 20.8. The highest BCUT2D eigenvalue weighted by atomic mass is 32.2. The van der Waals surface area contributed by atoms with E-state index in [1.165, 1.54) is 77.0 Å². The highest BCUT2D eigenvalue weighted by Gasteiger charge is 2.48. The third-order valence-corrected chi connectivity index (χ3v) is 11.0. The first-order valence-corrected chi connectivity index (χ1v) is 15.3. The van der Waals surface area contributed by atoms with E-state index in [1.807, 2.05) is 0 Å². The van der Waals surface area contributed by atoms with Gasteiger partial charge in [-0.15, -0.1) is 0 Å². The van der Waals surface area contributed by atoms with Gasteiger partial charge in [-0.05, 0) is 106 Å². The van der Waals surface area contributed by atoms with E-state index in [0.29, 0.717) is 10.8 Å². The van der Waals surface area contributed by atoms with Gasteiger partial charge in [0.1, 0.15) is 0 Å². The average molecular weight is 482 g/mol. The fourth-order valence-corrected chi connectivity index (χ4v) is 8.73. The summed E-state index contributed by atoms with van der Waals surface area (Å²) < 4.78 is 3.44. The Morgan fingerprint density at radius 3 is 2.39 bits per heavy atom. The summed E-state index contributed by atoms with van der Waals surface area (Å²) in [5.41, 5.74) is 1.06. The molecule has 2 aliphatic rings. The molecule has 2 saturated carbocycles. The van der Waals surface area contributed by atoms with Crippen molar-refractivity contribution in [3.8, 4) is 0 Å². The van der Waals surface area contributed by atoms with Crippen LogP contribution in [0.4, 0.5) is 0 Å². The minimum absolute atomic E-state index is 0.0900. The van der Waals surface area contributed by atoms with Crippen molar-refractivity contribution in [3.05, 3.63) is 0 Å². The second-order valence-electron chi connectivity index (χ2n) is 13.4. The Morgan fingerprint density at radius 2 is 1.79 bits per heavy atom. The van der Waals surface area contributed by atoms with Crippen LogP contribution in [0.1, 0.15) is 132 Å². The van der Waals surface area contributed by atoms with Crippen LogP contribution in [0, 0.1) is 40.4 Å². The Kier molecular flexibility index (Phi) is 11.6. The highest BCUT2D eigenvalue weighted by molar-refractivity contribution is 7.98. The lowest BCUT2D eigenvalue weighted by Gasteiger charge is -2.46. The summed E-state index contributed by atoms with van der Waals surface area (Å²) in [6, 6.07) is 0. The molecule has 196 valence electrons. The average Bonchev–Trinajstić information content (AvgIpc) is 3.07. The largest absolute Gasteiger partial charge is 0.395 e. The Labute approximate surface area is 212 Å². The number of aliphatic hydroxyl groups is 1. The molecular weight excluding hydrogens is 422 g/mol. The number of hydrogen-bond acceptors (Lipinski definition) is 3. The third kappa shape index (κ3) is 7.88. The minimum atomic E-state index is -0.0900. The molecule has 33 heavy (non-hydrogen) atoms. The SMILES string of the molecule is CCCC1(C)C(CCCNSC(C)(C)CO)CCC1C(C)C[C@H](CC)C1CCCCC1(C)C. The first kappa shape index (κ1) is 29.5. The molecule has 0 radical (unpaired) electrons. The molecule has 0 amide bonds. The van der Waals surface area contributed by atoms with Gasteiger partial charge in [0.2, 0.25) is 0 Å². The molecule has 0 aromatic carbocycles. The normalized spacial score (nSPS) is 32.1. The second-order valence-corrected chi connectivity index (χ2v) is 15.0. The second kappa shape index (κ2) is 13.0. The van der Waals surface area contributed by atoms with Crippen molar-refractivity contribution in [3.63, 3.8) is 0 Å². The molecule has 0 spiro atoms. The smallest absolute Gasteiger partial charge is 0.0585 e. The Morgan fingerprint density at radius 1 is 1.06 bits per heavy atom. The lowest BCUT2D eigenvalue weighted by atomic mass is 9.59. The molecule has 2 aliphatic carbocycles. The molecule has 0 aliphatic heterocycles. The zero-order valence-corrected chi connectivity index (χ0v) is 24.5. The standard InChI is InChI=1S/C30H59NOS/c1-9-18-30(8)25(14-13-20-31-33-29(6,7)22-32)16-17-26(30)23(3)21-24(10-2)27-15-11-12-19-28(27,4)5/h23-27,31-32H,9-22H2,1-8H3/t23?,24-,25?,26?,27?,30?/m0/s1. The van der Waals surface area contributed by atoms with Crippen LogP contribution in [0.2, 0.25) is 0 Å². The monoisotopic (exact) mass is 481 g/mol. The van der Waals surface area contributed by atoms with Gasteiger partial charge in [-0.3, -0.25) is 4.72 Å². The third-order valence-electron chi connectivity index (χ3n) is 10.0. The zero-order valence-electron chi connectivity index (χ0n) is 23.6. The van der Waals surface area contributed by atoms with Gasteiger partial charge in [0, 0.05) is 11.3 Å². The summed E-state index contributed by atoms with van der Waals surface area (Å²) in [5, 5.41) is 9.46. The van der Waals surface area contributed by atoms with Gasteiger partial charge in [-0.1, -0.05) is 79.2 Å². The zero-order chi connectivity index (χ0) is 24.7. The Bertz CT molecular complexity index is 561. The molecule has 0 bridgehead atoms. The van der Waals surface area contributed by atoms with E-state index in [4.69, 9.17) is 0 Å². The summed E-state index contributed by atoms with van der Waals surface area (Å²) >= 11 is 1.70. The fourth-order valence-electron chi connectivity index (χ4n) is 8.03. The van der Waals surface area contributed by atoms with E-state index in [1.54, 1.807) is 11.9 Å². The van der Waals surface area contributed by atoms with Crippen LogP contribution in [0.3, 0.4) is 0 Å². The van der Waals surface area contributed by atoms with Crippen LogP contribution in [-0.4, -0.2) is 23.0 Å². The fraction of sp³-hybridized carbons (Fsp3) is 1.00. The van der Waals surface area contributed by atoms with Gasteiger partial charge in [0.15, 0.2) is 0 Å². The maximum atomic E-state index is 9.46. The molecule has 0 aromatic rings. The summed E-state index contributed by atoms with van der Waals surface area (Å²) in [4.78, 5) is 0. The van der Waals surface area contributed by atoms with E-state index in [9.17, 15) is 5.11 Å². The van der Waals surface area contributed by atoms with Crippen LogP contribution in [0.25, 0.3) is 0 Å². The first-order chi connectivity index (χ1) is 15.5. The van der Waals surface area contributed by atoms with E-state index in [0.717, 1.165) is 36.1 Å². The maximum absolute atomic E-state index is 9.46. The van der Waals surface area contributed by atoms with E-state index in [-0.39, 0.29) is 11.4 Å². The van der Waals surface area contributed by atoms with Crippen LogP contribution in [0.15, 0.2) is 0 Å². The minimum Gasteiger partial charge on any atom is -0.395 e. The predicted octanol–water partition coefficient (Wildman–Crippen LogP) is 8.88. The highest BCUT2D eigenvalue weighted by Crippen LogP contribution is 2.57. The molecule has 2 rings (SSSR count). The van der Waals surface area contributed by atoms with Gasteiger partial charge in [-0.2, -0.15) is 0 Å². The quantitative estimate of drug-likeness (QED) is 0.192. The maximum Gasteiger partial charge on any atom is 0.0585 e. The molecule has 2 nitrogen and oxygen atoms in total. The van der Waals surface area contributed by atoms with Crippen molar-refractivity contribution in [2.24, 2.45) is 40.4 Å². The number of hydrogen-bond donors (Lipinski definition) is 2. The molecule has 5 unspecified atom stereocenters. The van der Waals surface area contributed by atoms with Crippen molar-refractivity contribution in [2.75, 3.05) is 13.2 Å². The Hall–Kier alpha value is 0.270. The van der Waals surface area contributed by atoms with E-state index >= 15 is 0 Å². The molecule has 2 fully saturated rings. The van der Waals surface area contributed by atoms with Crippen LogP contribution >= 0.6 is 11.9 Å². The Balaban J connectivity index is 1.96.